The summed E-state index contributed by atoms with van der Waals surface area (Å²) in [4.78, 5) is 0. The lowest BCUT2D eigenvalue weighted by molar-refractivity contribution is 0.943. The molecule has 13 heavy (non-hydrogen) atoms. The van der Waals surface area contributed by atoms with E-state index in [-0.39, 0.29) is 12.3 Å². The van der Waals surface area contributed by atoms with Gasteiger partial charge in [-0.25, -0.2) is 0 Å². The third kappa shape index (κ3) is 1.60. The quantitative estimate of drug-likeness (QED) is 0.728. The van der Waals surface area contributed by atoms with Crippen LogP contribution >= 0.6 is 12.3 Å². The Morgan fingerprint density at radius 2 is 1.77 bits per heavy atom. The van der Waals surface area contributed by atoms with Crippen molar-refractivity contribution in [3.63, 3.8) is 0 Å². The smallest absolute Gasteiger partial charge is 0.162 e. The highest BCUT2D eigenvalue weighted by Crippen LogP contribution is 2.25. The number of fused-ring (bicyclic) bond motifs is 1. The number of rotatable bonds is 2. The van der Waals surface area contributed by atoms with E-state index in [0.29, 0.717) is 0 Å². The first kappa shape index (κ1) is 8.38. The van der Waals surface area contributed by atoms with Gasteiger partial charge in [-0.1, -0.05) is 36.4 Å². The summed E-state index contributed by atoms with van der Waals surface area (Å²) in [7, 11) is 0. The van der Waals surface area contributed by atoms with Gasteiger partial charge in [-0.3, -0.25) is 0 Å². The normalized spacial score (nSPS) is 10.2. The van der Waals surface area contributed by atoms with Crippen LogP contribution in [0.1, 0.15) is 0 Å². The van der Waals surface area contributed by atoms with Crippen molar-refractivity contribution in [3.8, 4) is 0 Å². The summed E-state index contributed by atoms with van der Waals surface area (Å²) in [5, 5.41) is 2.15. The first-order chi connectivity index (χ1) is 6.42. The number of anilines is 1. The van der Waals surface area contributed by atoms with E-state index in [4.69, 9.17) is 0 Å². The molecule has 0 saturated heterocycles. The molecule has 66 valence electrons. The lowest BCUT2D eigenvalue weighted by Crippen LogP contribution is -1.84. The van der Waals surface area contributed by atoms with Gasteiger partial charge in [0.1, 0.15) is 0 Å². The Morgan fingerprint density at radius 3 is 2.62 bits per heavy atom. The van der Waals surface area contributed by atoms with Gasteiger partial charge in [-0.05, 0) is 11.5 Å². The van der Waals surface area contributed by atoms with Crippen LogP contribution in [0.5, 0.6) is 0 Å². The van der Waals surface area contributed by atoms with Gasteiger partial charge in [0.15, 0.2) is 12.3 Å². The number of halogens is 1. The highest BCUT2D eigenvalue weighted by atomic mass is 32.2. The van der Waals surface area contributed by atoms with Gasteiger partial charge in [-0.15, -0.1) is 3.89 Å². The van der Waals surface area contributed by atoms with Crippen LogP contribution < -0.4 is 4.72 Å². The van der Waals surface area contributed by atoms with Crippen LogP contribution in [-0.2, 0) is 0 Å². The molecule has 1 N–H and O–H groups in total. The Balaban J connectivity index is 2.61. The van der Waals surface area contributed by atoms with Crippen molar-refractivity contribution < 1.29 is 3.89 Å². The minimum absolute atomic E-state index is 0.120. The molecule has 2 rings (SSSR count). The van der Waals surface area contributed by atoms with Gasteiger partial charge in [0, 0.05) is 5.39 Å². The monoisotopic (exact) mass is 193 g/mol. The lowest BCUT2D eigenvalue weighted by Gasteiger charge is -2.04. The molecule has 0 unspecified atom stereocenters. The molecule has 0 amide bonds. The average molecular weight is 193 g/mol. The first-order valence-corrected chi connectivity index (χ1v) is 4.65. The standard InChI is InChI=1S/C10H8FNS/c11-13-12-10-7-3-5-8-4-1-2-6-9(8)10/h1-7,12H. The fourth-order valence-electron chi connectivity index (χ4n) is 1.36. The molecule has 0 heterocycles. The molecule has 0 bridgehead atoms. The molecule has 0 spiro atoms. The van der Waals surface area contributed by atoms with Crippen LogP contribution in [0.25, 0.3) is 10.8 Å². The SMILES string of the molecule is FSNc1cccc2ccccc12. The topological polar surface area (TPSA) is 12.0 Å². The molecule has 0 fully saturated rings. The summed E-state index contributed by atoms with van der Waals surface area (Å²) in [6, 6.07) is 13.6. The van der Waals surface area contributed by atoms with Crippen molar-refractivity contribution >= 4 is 28.8 Å². The predicted molar refractivity (Wildman–Crippen MR) is 56.3 cm³/mol. The van der Waals surface area contributed by atoms with Crippen LogP contribution in [0.2, 0.25) is 0 Å². The number of hydrogen-bond donors (Lipinski definition) is 1. The van der Waals surface area contributed by atoms with E-state index in [1.54, 1.807) is 0 Å². The summed E-state index contributed by atoms with van der Waals surface area (Å²) in [5.74, 6) is 0. The average Bonchev–Trinajstić information content (AvgIpc) is 2.19. The zero-order chi connectivity index (χ0) is 9.10. The number of hydrogen-bond acceptors (Lipinski definition) is 2. The largest absolute Gasteiger partial charge is 0.302 e. The van der Waals surface area contributed by atoms with Gasteiger partial charge in [-0.2, -0.15) is 0 Å². The second-order valence-corrected chi connectivity index (χ2v) is 3.06. The van der Waals surface area contributed by atoms with Crippen molar-refractivity contribution in [2.45, 2.75) is 0 Å². The molecular weight excluding hydrogens is 185 g/mol. The number of benzene rings is 2. The second-order valence-electron chi connectivity index (χ2n) is 2.71. The van der Waals surface area contributed by atoms with Crippen molar-refractivity contribution in [1.29, 1.82) is 0 Å². The minimum atomic E-state index is 0.120. The summed E-state index contributed by atoms with van der Waals surface area (Å²) in [6.07, 6.45) is 0. The first-order valence-electron chi connectivity index (χ1n) is 3.93. The number of nitrogens with one attached hydrogen (secondary N) is 1. The van der Waals surface area contributed by atoms with Crippen molar-refractivity contribution in [2.75, 3.05) is 4.72 Å². The lowest BCUT2D eigenvalue weighted by atomic mass is 10.1. The predicted octanol–water partition coefficient (Wildman–Crippen LogP) is 3.78. The van der Waals surface area contributed by atoms with Gasteiger partial charge in [0.25, 0.3) is 0 Å². The van der Waals surface area contributed by atoms with Crippen LogP contribution in [0.3, 0.4) is 0 Å². The Morgan fingerprint density at radius 1 is 1.00 bits per heavy atom. The molecule has 0 aliphatic carbocycles. The maximum atomic E-state index is 12.0. The zero-order valence-corrected chi connectivity index (χ0v) is 7.64. The highest BCUT2D eigenvalue weighted by molar-refractivity contribution is 7.95. The molecule has 0 aliphatic heterocycles. The van der Waals surface area contributed by atoms with E-state index in [1.807, 2.05) is 42.5 Å². The molecule has 2 aromatic rings. The highest BCUT2D eigenvalue weighted by Gasteiger charge is 1.98. The molecule has 0 saturated carbocycles. The molecule has 0 atom stereocenters. The van der Waals surface area contributed by atoms with Gasteiger partial charge in [0.2, 0.25) is 0 Å². The van der Waals surface area contributed by atoms with E-state index in [9.17, 15) is 3.89 Å². The Bertz CT molecular complexity index is 411. The maximum absolute atomic E-state index is 12.0. The van der Waals surface area contributed by atoms with Crippen molar-refractivity contribution in [1.82, 2.24) is 0 Å². The molecule has 2 aromatic carbocycles. The summed E-state index contributed by atoms with van der Waals surface area (Å²) in [6.45, 7) is 0. The third-order valence-corrected chi connectivity index (χ3v) is 2.24. The third-order valence-electron chi connectivity index (χ3n) is 1.94. The summed E-state index contributed by atoms with van der Waals surface area (Å²) in [5.41, 5.74) is 0.811. The summed E-state index contributed by atoms with van der Waals surface area (Å²) >= 11 is 0.120. The zero-order valence-electron chi connectivity index (χ0n) is 6.83. The molecule has 1 nitrogen and oxygen atoms in total. The minimum Gasteiger partial charge on any atom is -0.302 e. The molecular formula is C10H8FNS. The van der Waals surface area contributed by atoms with Crippen LogP contribution in [0, 0.1) is 0 Å². The molecule has 0 aromatic heterocycles. The van der Waals surface area contributed by atoms with Gasteiger partial charge < -0.3 is 4.72 Å². The van der Waals surface area contributed by atoms with E-state index < -0.39 is 0 Å². The second kappa shape index (κ2) is 3.66. The Hall–Kier alpha value is -1.22. The van der Waals surface area contributed by atoms with E-state index in [2.05, 4.69) is 4.72 Å². The summed E-state index contributed by atoms with van der Waals surface area (Å²) < 4.78 is 14.6. The van der Waals surface area contributed by atoms with E-state index in [0.717, 1.165) is 16.5 Å². The fourth-order valence-corrected chi connectivity index (χ4v) is 1.62. The van der Waals surface area contributed by atoms with Gasteiger partial charge >= 0.3 is 0 Å². The van der Waals surface area contributed by atoms with Crippen LogP contribution in [0.4, 0.5) is 9.57 Å². The molecule has 3 heteroatoms. The molecule has 0 radical (unpaired) electrons. The van der Waals surface area contributed by atoms with Crippen molar-refractivity contribution in [2.24, 2.45) is 0 Å². The Kier molecular flexibility index (Phi) is 2.36. The molecule has 0 aliphatic rings. The van der Waals surface area contributed by atoms with E-state index in [1.165, 1.54) is 0 Å². The maximum Gasteiger partial charge on any atom is 0.162 e. The van der Waals surface area contributed by atoms with E-state index >= 15 is 0 Å². The fraction of sp³-hybridized carbons (Fsp3) is 0. The van der Waals surface area contributed by atoms with Crippen molar-refractivity contribution in [3.05, 3.63) is 42.5 Å². The van der Waals surface area contributed by atoms with Crippen LogP contribution in [-0.4, -0.2) is 0 Å². The van der Waals surface area contributed by atoms with Crippen LogP contribution in [0.15, 0.2) is 42.5 Å². The van der Waals surface area contributed by atoms with Gasteiger partial charge in [0.05, 0.1) is 5.69 Å². The Labute approximate surface area is 80.4 Å².